The van der Waals surface area contributed by atoms with Crippen LogP contribution >= 0.6 is 0 Å². The molecule has 0 fully saturated rings. The van der Waals surface area contributed by atoms with Crippen LogP contribution in [-0.4, -0.2) is 16.8 Å². The summed E-state index contributed by atoms with van der Waals surface area (Å²) in [6, 6.07) is 4.91. The molecule has 0 spiro atoms. The van der Waals surface area contributed by atoms with Crippen molar-refractivity contribution in [1.29, 1.82) is 0 Å². The third kappa shape index (κ3) is 4.29. The smallest absolute Gasteiger partial charge is 0.387 e. The largest absolute Gasteiger partial charge is 0.433 e. The molecule has 102 valence electrons. The van der Waals surface area contributed by atoms with Gasteiger partial charge < -0.3 is 14.6 Å². The molecule has 2 heterocycles. The Bertz CT molecular complexity index is 514. The molecule has 0 aliphatic rings. The van der Waals surface area contributed by atoms with E-state index < -0.39 is 6.61 Å². The van der Waals surface area contributed by atoms with Crippen molar-refractivity contribution in [2.24, 2.45) is 0 Å². The second-order valence-electron chi connectivity index (χ2n) is 3.90. The first-order valence-electron chi connectivity index (χ1n) is 5.66. The van der Waals surface area contributed by atoms with E-state index in [1.54, 1.807) is 6.07 Å². The first-order chi connectivity index (χ1) is 9.13. The van der Waals surface area contributed by atoms with Crippen molar-refractivity contribution < 1.29 is 18.0 Å². The van der Waals surface area contributed by atoms with Crippen molar-refractivity contribution in [2.45, 2.75) is 26.6 Å². The predicted molar refractivity (Wildman–Crippen MR) is 62.7 cm³/mol. The van der Waals surface area contributed by atoms with Crippen LogP contribution in [0.3, 0.4) is 0 Å². The maximum atomic E-state index is 11.9. The number of halogens is 2. The number of hydrogen-bond acceptors (Lipinski definition) is 5. The number of nitrogens with zero attached hydrogens (tertiary/aromatic N) is 2. The molecule has 0 aromatic carbocycles. The Morgan fingerprint density at radius 2 is 2.11 bits per heavy atom. The van der Waals surface area contributed by atoms with Gasteiger partial charge in [0.1, 0.15) is 11.5 Å². The van der Waals surface area contributed by atoms with Crippen molar-refractivity contribution in [2.75, 3.05) is 0 Å². The fourth-order valence-electron chi connectivity index (χ4n) is 1.51. The molecule has 0 radical (unpaired) electrons. The molecule has 2 rings (SSSR count). The van der Waals surface area contributed by atoms with Gasteiger partial charge in [0, 0.05) is 19.2 Å². The van der Waals surface area contributed by atoms with Gasteiger partial charge >= 0.3 is 6.61 Å². The zero-order valence-corrected chi connectivity index (χ0v) is 10.3. The van der Waals surface area contributed by atoms with Crippen LogP contribution < -0.4 is 10.1 Å². The summed E-state index contributed by atoms with van der Waals surface area (Å²) in [5.41, 5.74) is 1.52. The van der Waals surface area contributed by atoms with Gasteiger partial charge in [-0.1, -0.05) is 5.16 Å². The topological polar surface area (TPSA) is 60.2 Å². The second-order valence-corrected chi connectivity index (χ2v) is 3.90. The number of aryl methyl sites for hydroxylation is 1. The Balaban J connectivity index is 1.79. The van der Waals surface area contributed by atoms with Gasteiger partial charge in [-0.2, -0.15) is 8.78 Å². The first-order valence-corrected chi connectivity index (χ1v) is 5.66. The monoisotopic (exact) mass is 269 g/mol. The lowest BCUT2D eigenvalue weighted by atomic mass is 10.3. The number of nitrogens with one attached hydrogen (secondary N) is 1. The van der Waals surface area contributed by atoms with E-state index in [4.69, 9.17) is 4.52 Å². The molecule has 2 aromatic heterocycles. The van der Waals surface area contributed by atoms with Crippen LogP contribution in [0.1, 0.15) is 17.1 Å². The highest BCUT2D eigenvalue weighted by molar-refractivity contribution is 5.19. The lowest BCUT2D eigenvalue weighted by molar-refractivity contribution is -0.0500. The molecule has 19 heavy (non-hydrogen) atoms. The van der Waals surface area contributed by atoms with Crippen molar-refractivity contribution in [3.63, 3.8) is 0 Å². The molecular formula is C12H13F2N3O2. The summed E-state index contributed by atoms with van der Waals surface area (Å²) in [7, 11) is 0. The first kappa shape index (κ1) is 13.4. The van der Waals surface area contributed by atoms with Crippen molar-refractivity contribution >= 4 is 0 Å². The summed E-state index contributed by atoms with van der Waals surface area (Å²) >= 11 is 0. The SMILES string of the molecule is Cc1cc(CNCc2ccc(OC(F)F)cn2)no1. The highest BCUT2D eigenvalue weighted by atomic mass is 19.3. The van der Waals surface area contributed by atoms with E-state index in [1.165, 1.54) is 12.3 Å². The van der Waals surface area contributed by atoms with E-state index in [9.17, 15) is 8.78 Å². The lowest BCUT2D eigenvalue weighted by Crippen LogP contribution is -2.14. The zero-order valence-electron chi connectivity index (χ0n) is 10.3. The quantitative estimate of drug-likeness (QED) is 0.871. The van der Waals surface area contributed by atoms with E-state index in [-0.39, 0.29) is 5.75 Å². The normalized spacial score (nSPS) is 10.9. The highest BCUT2D eigenvalue weighted by Crippen LogP contribution is 2.12. The van der Waals surface area contributed by atoms with Gasteiger partial charge in [0.05, 0.1) is 17.6 Å². The zero-order chi connectivity index (χ0) is 13.7. The van der Waals surface area contributed by atoms with E-state index >= 15 is 0 Å². The molecule has 5 nitrogen and oxygen atoms in total. The van der Waals surface area contributed by atoms with Gasteiger partial charge in [0.25, 0.3) is 0 Å². The molecule has 0 amide bonds. The Morgan fingerprint density at radius 3 is 2.68 bits per heavy atom. The third-order valence-electron chi connectivity index (χ3n) is 2.31. The molecule has 0 saturated heterocycles. The molecule has 0 aliphatic carbocycles. The molecule has 2 aromatic rings. The van der Waals surface area contributed by atoms with Gasteiger partial charge in [0.2, 0.25) is 0 Å². The van der Waals surface area contributed by atoms with Gasteiger partial charge in [-0.3, -0.25) is 4.98 Å². The van der Waals surface area contributed by atoms with Crippen molar-refractivity contribution in [3.05, 3.63) is 41.5 Å². The summed E-state index contributed by atoms with van der Waals surface area (Å²) < 4.78 is 33.0. The summed E-state index contributed by atoms with van der Waals surface area (Å²) in [6.45, 7) is 0.0378. The minimum Gasteiger partial charge on any atom is -0.433 e. The van der Waals surface area contributed by atoms with Crippen LogP contribution in [0.5, 0.6) is 5.75 Å². The number of ether oxygens (including phenoxy) is 1. The Hall–Kier alpha value is -2.02. The second kappa shape index (κ2) is 6.24. The Kier molecular flexibility index (Phi) is 4.40. The fourth-order valence-corrected chi connectivity index (χ4v) is 1.51. The average Bonchev–Trinajstić information content (AvgIpc) is 2.77. The van der Waals surface area contributed by atoms with Gasteiger partial charge in [0.15, 0.2) is 0 Å². The number of rotatable bonds is 6. The molecular weight excluding hydrogens is 256 g/mol. The number of aromatic nitrogens is 2. The summed E-state index contributed by atoms with van der Waals surface area (Å²) in [5.74, 6) is 0.800. The fraction of sp³-hybridized carbons (Fsp3) is 0.333. The predicted octanol–water partition coefficient (Wildman–Crippen LogP) is 2.27. The maximum Gasteiger partial charge on any atom is 0.387 e. The third-order valence-corrected chi connectivity index (χ3v) is 2.31. The van der Waals surface area contributed by atoms with E-state index in [0.29, 0.717) is 13.1 Å². The molecule has 0 unspecified atom stereocenters. The molecule has 0 aliphatic heterocycles. The minimum atomic E-state index is -2.83. The van der Waals surface area contributed by atoms with Crippen LogP contribution in [-0.2, 0) is 13.1 Å². The number of hydrogen-bond donors (Lipinski definition) is 1. The minimum absolute atomic E-state index is 0.0471. The van der Waals surface area contributed by atoms with Crippen LogP contribution in [0.25, 0.3) is 0 Å². The summed E-state index contributed by atoms with van der Waals surface area (Å²) in [6.07, 6.45) is 1.27. The summed E-state index contributed by atoms with van der Waals surface area (Å²) in [4.78, 5) is 4.00. The van der Waals surface area contributed by atoms with Gasteiger partial charge in [-0.05, 0) is 19.1 Å². The number of pyridine rings is 1. The van der Waals surface area contributed by atoms with Crippen LogP contribution in [0.4, 0.5) is 8.78 Å². The molecule has 1 N–H and O–H groups in total. The van der Waals surface area contributed by atoms with E-state index in [0.717, 1.165) is 17.1 Å². The Labute approximate surface area is 108 Å². The molecule has 0 bridgehead atoms. The lowest BCUT2D eigenvalue weighted by Gasteiger charge is -2.05. The van der Waals surface area contributed by atoms with E-state index in [1.807, 2.05) is 13.0 Å². The van der Waals surface area contributed by atoms with Gasteiger partial charge in [-0.25, -0.2) is 0 Å². The van der Waals surface area contributed by atoms with Crippen molar-refractivity contribution in [1.82, 2.24) is 15.5 Å². The van der Waals surface area contributed by atoms with Crippen LogP contribution in [0.15, 0.2) is 28.9 Å². The van der Waals surface area contributed by atoms with Crippen molar-refractivity contribution in [3.8, 4) is 5.75 Å². The summed E-state index contributed by atoms with van der Waals surface area (Å²) in [5, 5.41) is 6.95. The van der Waals surface area contributed by atoms with Crippen LogP contribution in [0, 0.1) is 6.92 Å². The molecule has 0 saturated carbocycles. The average molecular weight is 269 g/mol. The van der Waals surface area contributed by atoms with Gasteiger partial charge in [-0.15, -0.1) is 0 Å². The standard InChI is InChI=1S/C12H13F2N3O2/c1-8-4-10(17-19-8)6-15-5-9-2-3-11(7-16-9)18-12(13)14/h2-4,7,12,15H,5-6H2,1H3. The molecule has 0 atom stereocenters. The molecule has 7 heteroatoms. The Morgan fingerprint density at radius 1 is 1.32 bits per heavy atom. The highest BCUT2D eigenvalue weighted by Gasteiger charge is 2.04. The number of alkyl halides is 2. The maximum absolute atomic E-state index is 11.9. The van der Waals surface area contributed by atoms with E-state index in [2.05, 4.69) is 20.2 Å². The van der Waals surface area contributed by atoms with Crippen LogP contribution in [0.2, 0.25) is 0 Å².